The van der Waals surface area contributed by atoms with Gasteiger partial charge in [0, 0.05) is 28.9 Å². The quantitative estimate of drug-likeness (QED) is 0.431. The normalized spacial score (nSPS) is 12.7. The highest BCUT2D eigenvalue weighted by molar-refractivity contribution is 6.30. The van der Waals surface area contributed by atoms with Crippen LogP contribution in [0.4, 0.5) is 5.69 Å². The maximum absolute atomic E-state index is 10.6. The van der Waals surface area contributed by atoms with Crippen LogP contribution in [0.15, 0.2) is 82.6 Å². The second kappa shape index (κ2) is 9.20. The van der Waals surface area contributed by atoms with E-state index in [2.05, 4.69) is 21.9 Å². The molecule has 6 nitrogen and oxygen atoms in total. The average Bonchev–Trinajstić information content (AvgIpc) is 3.14. The van der Waals surface area contributed by atoms with Crippen molar-refractivity contribution < 1.29 is 9.52 Å². The number of nitrogens with zero attached hydrogens (tertiary/aromatic N) is 2. The summed E-state index contributed by atoms with van der Waals surface area (Å²) in [5.74, 6) is 1.68. The van der Waals surface area contributed by atoms with Gasteiger partial charge in [0.15, 0.2) is 11.7 Å². The van der Waals surface area contributed by atoms with Crippen molar-refractivity contribution in [2.45, 2.75) is 26.4 Å². The Hall–Kier alpha value is -3.35. The van der Waals surface area contributed by atoms with Crippen LogP contribution in [0.2, 0.25) is 5.02 Å². The second-order valence-electron chi connectivity index (χ2n) is 7.56. The number of anilines is 1. The fourth-order valence-electron chi connectivity index (χ4n) is 2.77. The molecule has 31 heavy (non-hydrogen) atoms. The first kappa shape index (κ1) is 22.3. The summed E-state index contributed by atoms with van der Waals surface area (Å²) in [5, 5.41) is 14.3. The monoisotopic (exact) mass is 436 g/mol. The molecule has 0 aliphatic heterocycles. The molecule has 3 aromatic rings. The van der Waals surface area contributed by atoms with Crippen molar-refractivity contribution in [3.63, 3.8) is 0 Å². The molecule has 4 N–H and O–H groups in total. The van der Waals surface area contributed by atoms with Gasteiger partial charge in [0.1, 0.15) is 11.4 Å². The zero-order valence-electron chi connectivity index (χ0n) is 17.7. The van der Waals surface area contributed by atoms with Crippen molar-refractivity contribution in [1.29, 1.82) is 0 Å². The number of hydrogen-bond donors (Lipinski definition) is 3. The Morgan fingerprint density at radius 2 is 1.84 bits per heavy atom. The molecule has 0 atom stereocenters. The molecular formula is C24H25ClN4O2. The number of nitrogens with one attached hydrogen (secondary N) is 1. The molecule has 0 bridgehead atoms. The SMILES string of the molecule is C=C(N=C(/C=C(\N)c1ccc(Cl)cc1)C(C)(C)O)Nc1ccc(-c2cnc(C)o2)cc1. The van der Waals surface area contributed by atoms with Gasteiger partial charge in [-0.15, -0.1) is 0 Å². The number of hydrogen-bond acceptors (Lipinski definition) is 6. The summed E-state index contributed by atoms with van der Waals surface area (Å²) in [6.07, 6.45) is 3.32. The van der Waals surface area contributed by atoms with Crippen LogP contribution in [0.5, 0.6) is 0 Å². The Balaban J connectivity index is 1.78. The number of oxazole rings is 1. The molecule has 1 heterocycles. The van der Waals surface area contributed by atoms with Gasteiger partial charge in [0.2, 0.25) is 0 Å². The average molecular weight is 437 g/mol. The Kier molecular flexibility index (Phi) is 6.63. The van der Waals surface area contributed by atoms with Crippen molar-refractivity contribution in [3.05, 3.63) is 89.7 Å². The Labute approximate surface area is 186 Å². The number of aryl methyl sites for hydroxylation is 1. The first-order valence-corrected chi connectivity index (χ1v) is 10.0. The van der Waals surface area contributed by atoms with Gasteiger partial charge in [-0.1, -0.05) is 30.3 Å². The third-order valence-electron chi connectivity index (χ3n) is 4.43. The number of aliphatic hydroxyl groups is 1. The third-order valence-corrected chi connectivity index (χ3v) is 4.68. The van der Waals surface area contributed by atoms with E-state index in [1.54, 1.807) is 57.3 Å². The molecule has 7 heteroatoms. The number of aliphatic imine (C=N–C) groups is 1. The van der Waals surface area contributed by atoms with Gasteiger partial charge in [0.05, 0.1) is 11.9 Å². The molecule has 160 valence electrons. The smallest absolute Gasteiger partial charge is 0.191 e. The lowest BCUT2D eigenvalue weighted by molar-refractivity contribution is 0.155. The van der Waals surface area contributed by atoms with Crippen LogP contribution in [-0.2, 0) is 0 Å². The van der Waals surface area contributed by atoms with E-state index in [1.807, 2.05) is 24.3 Å². The van der Waals surface area contributed by atoms with Crippen molar-refractivity contribution in [2.24, 2.45) is 10.7 Å². The van der Waals surface area contributed by atoms with E-state index in [-0.39, 0.29) is 0 Å². The van der Waals surface area contributed by atoms with Gasteiger partial charge < -0.3 is 20.6 Å². The Bertz CT molecular complexity index is 1120. The van der Waals surface area contributed by atoms with Crippen LogP contribution in [0.25, 0.3) is 17.0 Å². The van der Waals surface area contributed by atoms with E-state index in [9.17, 15) is 5.11 Å². The minimum Gasteiger partial charge on any atom is -0.441 e. The zero-order chi connectivity index (χ0) is 22.6. The molecule has 1 aromatic heterocycles. The predicted molar refractivity (Wildman–Crippen MR) is 127 cm³/mol. The summed E-state index contributed by atoms with van der Waals surface area (Å²) in [7, 11) is 0. The number of nitrogens with two attached hydrogens (primary N) is 1. The van der Waals surface area contributed by atoms with E-state index >= 15 is 0 Å². The molecule has 0 spiro atoms. The third kappa shape index (κ3) is 6.07. The van der Waals surface area contributed by atoms with Crippen molar-refractivity contribution >= 4 is 28.7 Å². The molecule has 0 saturated carbocycles. The lowest BCUT2D eigenvalue weighted by Gasteiger charge is -2.19. The van der Waals surface area contributed by atoms with Crippen molar-refractivity contribution in [3.8, 4) is 11.3 Å². The van der Waals surface area contributed by atoms with Crippen LogP contribution in [0, 0.1) is 6.92 Å². The van der Waals surface area contributed by atoms with Crippen LogP contribution < -0.4 is 11.1 Å². The molecule has 0 radical (unpaired) electrons. The molecule has 3 rings (SSSR count). The second-order valence-corrected chi connectivity index (χ2v) is 7.99. The molecule has 0 saturated heterocycles. The minimum atomic E-state index is -1.23. The lowest BCUT2D eigenvalue weighted by Crippen LogP contribution is -2.30. The van der Waals surface area contributed by atoms with Gasteiger partial charge in [-0.25, -0.2) is 9.98 Å². The molecule has 0 fully saturated rings. The highest BCUT2D eigenvalue weighted by Gasteiger charge is 2.20. The van der Waals surface area contributed by atoms with Gasteiger partial charge >= 0.3 is 0 Å². The highest BCUT2D eigenvalue weighted by atomic mass is 35.5. The maximum atomic E-state index is 10.6. The fourth-order valence-corrected chi connectivity index (χ4v) is 2.90. The Morgan fingerprint density at radius 1 is 1.19 bits per heavy atom. The maximum Gasteiger partial charge on any atom is 0.191 e. The summed E-state index contributed by atoms with van der Waals surface area (Å²) in [5.41, 5.74) is 8.28. The summed E-state index contributed by atoms with van der Waals surface area (Å²) in [6.45, 7) is 9.03. The van der Waals surface area contributed by atoms with Gasteiger partial charge in [-0.3, -0.25) is 0 Å². The Morgan fingerprint density at radius 3 is 2.39 bits per heavy atom. The van der Waals surface area contributed by atoms with Gasteiger partial charge in [-0.2, -0.15) is 0 Å². The topological polar surface area (TPSA) is 96.7 Å². The van der Waals surface area contributed by atoms with E-state index in [1.165, 1.54) is 0 Å². The summed E-state index contributed by atoms with van der Waals surface area (Å²) in [6, 6.07) is 14.7. The van der Waals surface area contributed by atoms with E-state index in [0.29, 0.717) is 33.9 Å². The predicted octanol–water partition coefficient (Wildman–Crippen LogP) is 5.40. The zero-order valence-corrected chi connectivity index (χ0v) is 18.4. The van der Waals surface area contributed by atoms with Crippen LogP contribution in [-0.4, -0.2) is 21.4 Å². The summed E-state index contributed by atoms with van der Waals surface area (Å²) in [4.78, 5) is 8.57. The number of halogens is 1. The molecule has 0 aliphatic rings. The molecule has 2 aromatic carbocycles. The minimum absolute atomic E-state index is 0.362. The van der Waals surface area contributed by atoms with Crippen LogP contribution >= 0.6 is 11.6 Å². The number of rotatable bonds is 7. The summed E-state index contributed by atoms with van der Waals surface area (Å²) >= 11 is 5.93. The van der Waals surface area contributed by atoms with Crippen molar-refractivity contribution in [1.82, 2.24) is 4.98 Å². The lowest BCUT2D eigenvalue weighted by atomic mass is 10.00. The molecule has 0 amide bonds. The fraction of sp³-hybridized carbons (Fsp3) is 0.167. The van der Waals surface area contributed by atoms with E-state index < -0.39 is 5.60 Å². The molecule has 0 unspecified atom stereocenters. The first-order chi connectivity index (χ1) is 14.6. The molecule has 0 aliphatic carbocycles. The van der Waals surface area contributed by atoms with Gasteiger partial charge in [-0.05, 0) is 61.9 Å². The largest absolute Gasteiger partial charge is 0.441 e. The van der Waals surface area contributed by atoms with E-state index in [4.69, 9.17) is 21.8 Å². The van der Waals surface area contributed by atoms with Crippen molar-refractivity contribution in [2.75, 3.05) is 5.32 Å². The van der Waals surface area contributed by atoms with Gasteiger partial charge in [0.25, 0.3) is 0 Å². The summed E-state index contributed by atoms with van der Waals surface area (Å²) < 4.78 is 5.54. The highest BCUT2D eigenvalue weighted by Crippen LogP contribution is 2.23. The number of benzene rings is 2. The number of aromatic nitrogens is 1. The molecular weight excluding hydrogens is 412 g/mol. The first-order valence-electron chi connectivity index (χ1n) is 9.65. The standard InChI is InChI=1S/C24H25ClN4O2/c1-15(28-20-11-7-18(8-12-20)22-14-27-16(2)31-22)29-23(24(3,4)30)13-21(26)17-5-9-19(25)10-6-17/h5-14,28,30H,1,26H2,2-4H3/b21-13-,29-23?. The van der Waals surface area contributed by atoms with Crippen LogP contribution in [0.1, 0.15) is 25.3 Å². The van der Waals surface area contributed by atoms with Crippen LogP contribution in [0.3, 0.4) is 0 Å². The van der Waals surface area contributed by atoms with E-state index in [0.717, 1.165) is 16.8 Å².